The topological polar surface area (TPSA) is 64.1 Å². The highest BCUT2D eigenvalue weighted by Gasteiger charge is 2.20. The van der Waals surface area contributed by atoms with Gasteiger partial charge in [-0.2, -0.15) is 0 Å². The Morgan fingerprint density at radius 2 is 1.76 bits per heavy atom. The lowest BCUT2D eigenvalue weighted by Gasteiger charge is -2.16. The first-order valence-corrected chi connectivity index (χ1v) is 8.57. The van der Waals surface area contributed by atoms with Crippen molar-refractivity contribution in [3.63, 3.8) is 0 Å². The third-order valence-corrected chi connectivity index (χ3v) is 4.01. The van der Waals surface area contributed by atoms with E-state index in [4.69, 9.17) is 14.2 Å². The minimum atomic E-state index is 0. The SMILES string of the molecule is CCNC(=NCCCC1CC1)Nc1cc(OC)c(OC)c(OC)c1.I. The number of rotatable bonds is 9. The number of anilines is 1. The Labute approximate surface area is 167 Å². The normalized spacial score (nSPS) is 13.7. The Hall–Kier alpha value is -1.38. The van der Waals surface area contributed by atoms with E-state index in [0.717, 1.165) is 37.1 Å². The first-order chi connectivity index (χ1) is 11.7. The van der Waals surface area contributed by atoms with Crippen LogP contribution < -0.4 is 24.8 Å². The Balaban J connectivity index is 0.00000312. The lowest BCUT2D eigenvalue weighted by Crippen LogP contribution is -2.30. The van der Waals surface area contributed by atoms with E-state index >= 15 is 0 Å². The van der Waals surface area contributed by atoms with E-state index in [9.17, 15) is 0 Å². The van der Waals surface area contributed by atoms with Crippen molar-refractivity contribution in [3.05, 3.63) is 12.1 Å². The Morgan fingerprint density at radius 3 is 2.24 bits per heavy atom. The summed E-state index contributed by atoms with van der Waals surface area (Å²) < 4.78 is 16.1. The molecule has 6 nitrogen and oxygen atoms in total. The molecule has 0 spiro atoms. The first-order valence-electron chi connectivity index (χ1n) is 8.57. The van der Waals surface area contributed by atoms with E-state index in [2.05, 4.69) is 22.5 Å². The van der Waals surface area contributed by atoms with Gasteiger partial charge in [0.05, 0.1) is 21.3 Å². The molecule has 0 radical (unpaired) electrons. The highest BCUT2D eigenvalue weighted by molar-refractivity contribution is 14.0. The fraction of sp³-hybridized carbons (Fsp3) is 0.611. The van der Waals surface area contributed by atoms with Crippen LogP contribution in [0.4, 0.5) is 5.69 Å². The van der Waals surface area contributed by atoms with E-state index in [0.29, 0.717) is 17.2 Å². The highest BCUT2D eigenvalue weighted by Crippen LogP contribution is 2.39. The zero-order valence-electron chi connectivity index (χ0n) is 15.6. The smallest absolute Gasteiger partial charge is 0.203 e. The maximum Gasteiger partial charge on any atom is 0.203 e. The van der Waals surface area contributed by atoms with Crippen molar-refractivity contribution in [1.82, 2.24) is 5.32 Å². The van der Waals surface area contributed by atoms with E-state index in [-0.39, 0.29) is 24.0 Å². The molecule has 0 aromatic heterocycles. The zero-order chi connectivity index (χ0) is 17.4. The molecule has 1 aliphatic rings. The number of nitrogens with one attached hydrogen (secondary N) is 2. The third-order valence-electron chi connectivity index (χ3n) is 4.01. The molecule has 25 heavy (non-hydrogen) atoms. The van der Waals surface area contributed by atoms with Gasteiger partial charge in [0.1, 0.15) is 0 Å². The molecule has 0 unspecified atom stereocenters. The second-order valence-electron chi connectivity index (χ2n) is 5.89. The molecule has 0 aliphatic heterocycles. The number of hydrogen-bond acceptors (Lipinski definition) is 4. The Bertz CT molecular complexity index is 537. The summed E-state index contributed by atoms with van der Waals surface area (Å²) in [5, 5.41) is 6.57. The van der Waals surface area contributed by atoms with Crippen LogP contribution in [0.2, 0.25) is 0 Å². The van der Waals surface area contributed by atoms with Gasteiger partial charge < -0.3 is 24.8 Å². The van der Waals surface area contributed by atoms with Crippen LogP contribution >= 0.6 is 24.0 Å². The summed E-state index contributed by atoms with van der Waals surface area (Å²) in [4.78, 5) is 4.64. The molecule has 0 heterocycles. The van der Waals surface area contributed by atoms with Gasteiger partial charge in [0.2, 0.25) is 5.75 Å². The summed E-state index contributed by atoms with van der Waals surface area (Å²) in [5.74, 6) is 3.53. The zero-order valence-corrected chi connectivity index (χ0v) is 17.9. The molecule has 1 aliphatic carbocycles. The summed E-state index contributed by atoms with van der Waals surface area (Å²) in [6.07, 6.45) is 5.21. The second kappa shape index (κ2) is 11.3. The van der Waals surface area contributed by atoms with Gasteiger partial charge in [0, 0.05) is 30.9 Å². The summed E-state index contributed by atoms with van der Waals surface area (Å²) in [6.45, 7) is 3.69. The van der Waals surface area contributed by atoms with Crippen molar-refractivity contribution in [3.8, 4) is 17.2 Å². The monoisotopic (exact) mass is 463 g/mol. The molecule has 1 aromatic rings. The fourth-order valence-corrected chi connectivity index (χ4v) is 2.57. The maximum atomic E-state index is 5.39. The van der Waals surface area contributed by atoms with Crippen LogP contribution in [0.25, 0.3) is 0 Å². The van der Waals surface area contributed by atoms with Gasteiger partial charge >= 0.3 is 0 Å². The standard InChI is InChI=1S/C18H29N3O3.HI/c1-5-19-18(20-10-6-7-13-8-9-13)21-14-11-15(22-2)17(24-4)16(12-14)23-3;/h11-13H,5-10H2,1-4H3,(H2,19,20,21);1H. The fourth-order valence-electron chi connectivity index (χ4n) is 2.57. The minimum Gasteiger partial charge on any atom is -0.493 e. The van der Waals surface area contributed by atoms with Crippen molar-refractivity contribution in [2.24, 2.45) is 10.9 Å². The molecule has 0 saturated heterocycles. The average Bonchev–Trinajstić information content (AvgIpc) is 3.42. The third kappa shape index (κ3) is 6.80. The Kier molecular flexibility index (Phi) is 9.77. The highest BCUT2D eigenvalue weighted by atomic mass is 127. The molecule has 1 saturated carbocycles. The maximum absolute atomic E-state index is 5.39. The number of ether oxygens (including phenoxy) is 3. The Morgan fingerprint density at radius 1 is 1.12 bits per heavy atom. The summed E-state index contributed by atoms with van der Waals surface area (Å²) in [7, 11) is 4.81. The van der Waals surface area contributed by atoms with E-state index in [1.807, 2.05) is 12.1 Å². The number of methoxy groups -OCH3 is 3. The van der Waals surface area contributed by atoms with Gasteiger partial charge in [-0.25, -0.2) is 0 Å². The van der Waals surface area contributed by atoms with Crippen LogP contribution in [0.3, 0.4) is 0 Å². The molecule has 2 N–H and O–H groups in total. The first kappa shape index (κ1) is 21.7. The summed E-state index contributed by atoms with van der Waals surface area (Å²) >= 11 is 0. The molecule has 0 amide bonds. The van der Waals surface area contributed by atoms with Gasteiger partial charge in [0.15, 0.2) is 17.5 Å². The largest absolute Gasteiger partial charge is 0.493 e. The number of halogens is 1. The van der Waals surface area contributed by atoms with Crippen LogP contribution in [0.5, 0.6) is 17.2 Å². The van der Waals surface area contributed by atoms with E-state index in [1.54, 1.807) is 21.3 Å². The van der Waals surface area contributed by atoms with Crippen molar-refractivity contribution in [1.29, 1.82) is 0 Å². The number of guanidine groups is 1. The molecule has 0 atom stereocenters. The van der Waals surface area contributed by atoms with Crippen molar-refractivity contribution in [2.45, 2.75) is 32.6 Å². The van der Waals surface area contributed by atoms with Gasteiger partial charge in [-0.05, 0) is 25.7 Å². The van der Waals surface area contributed by atoms with Crippen LogP contribution in [-0.2, 0) is 0 Å². The summed E-state index contributed by atoms with van der Waals surface area (Å²) in [6, 6.07) is 3.75. The predicted molar refractivity (Wildman–Crippen MR) is 113 cm³/mol. The number of aliphatic imine (C=N–C) groups is 1. The van der Waals surface area contributed by atoms with Crippen LogP contribution in [0.1, 0.15) is 32.6 Å². The lowest BCUT2D eigenvalue weighted by molar-refractivity contribution is 0.324. The number of hydrogen-bond donors (Lipinski definition) is 2. The predicted octanol–water partition coefficient (Wildman–Crippen LogP) is 3.90. The minimum absolute atomic E-state index is 0. The van der Waals surface area contributed by atoms with Gasteiger partial charge in [-0.15, -0.1) is 24.0 Å². The molecule has 7 heteroatoms. The lowest BCUT2D eigenvalue weighted by atomic mass is 10.2. The molecule has 142 valence electrons. The van der Waals surface area contributed by atoms with Crippen LogP contribution in [-0.4, -0.2) is 40.4 Å². The molecule has 0 bridgehead atoms. The number of nitrogens with zero attached hydrogens (tertiary/aromatic N) is 1. The quantitative estimate of drug-likeness (QED) is 0.252. The molecular weight excluding hydrogens is 433 g/mol. The van der Waals surface area contributed by atoms with Crippen LogP contribution in [0, 0.1) is 5.92 Å². The van der Waals surface area contributed by atoms with Crippen molar-refractivity contribution in [2.75, 3.05) is 39.7 Å². The summed E-state index contributed by atoms with van der Waals surface area (Å²) in [5.41, 5.74) is 0.839. The average molecular weight is 463 g/mol. The number of benzene rings is 1. The molecule has 1 fully saturated rings. The van der Waals surface area contributed by atoms with E-state index in [1.165, 1.54) is 19.3 Å². The van der Waals surface area contributed by atoms with Crippen molar-refractivity contribution < 1.29 is 14.2 Å². The second-order valence-corrected chi connectivity index (χ2v) is 5.89. The van der Waals surface area contributed by atoms with Gasteiger partial charge in [-0.1, -0.05) is 12.8 Å². The van der Waals surface area contributed by atoms with Gasteiger partial charge in [-0.3, -0.25) is 4.99 Å². The van der Waals surface area contributed by atoms with E-state index < -0.39 is 0 Å². The van der Waals surface area contributed by atoms with Crippen molar-refractivity contribution >= 4 is 35.6 Å². The molecule has 1 aromatic carbocycles. The molecular formula is C18H30IN3O3. The molecule has 2 rings (SSSR count). The van der Waals surface area contributed by atoms with Crippen LogP contribution in [0.15, 0.2) is 17.1 Å². The van der Waals surface area contributed by atoms with Gasteiger partial charge in [0.25, 0.3) is 0 Å².